The highest BCUT2D eigenvalue weighted by Gasteiger charge is 2.29. The average Bonchev–Trinajstić information content (AvgIpc) is 2.53. The molecule has 1 aromatic carbocycles. The normalized spacial score (nSPS) is 14.7. The molecule has 1 aromatic rings. The number of rotatable bonds is 12. The molecule has 0 aromatic heterocycles. The molecule has 0 aliphatic carbocycles. The number of benzene rings is 1. The maximum Gasteiger partial charge on any atom is 0.270 e. The fraction of sp³-hybridized carbons (Fsp3) is 0.684. The van der Waals surface area contributed by atoms with Gasteiger partial charge in [0.15, 0.2) is 0 Å². The van der Waals surface area contributed by atoms with Crippen molar-refractivity contribution in [1.29, 1.82) is 0 Å². The van der Waals surface area contributed by atoms with Crippen LogP contribution in [0.5, 0.6) is 0 Å². The molecule has 0 heterocycles. The van der Waals surface area contributed by atoms with Crippen LogP contribution in [0.2, 0.25) is 0 Å². The van der Waals surface area contributed by atoms with Crippen molar-refractivity contribution < 1.29 is 17.3 Å². The quantitative estimate of drug-likeness (QED) is 0.407. The Labute approximate surface area is 147 Å². The van der Waals surface area contributed by atoms with Crippen LogP contribution in [0.15, 0.2) is 30.3 Å². The summed E-state index contributed by atoms with van der Waals surface area (Å²) in [7, 11) is -3.51. The van der Waals surface area contributed by atoms with Crippen molar-refractivity contribution in [2.24, 2.45) is 5.92 Å². The third-order valence-corrected chi connectivity index (χ3v) is 6.11. The monoisotopic (exact) mass is 356 g/mol. The Bertz CT molecular complexity index is 540. The maximum atomic E-state index is 12.4. The minimum Gasteiger partial charge on any atom is -0.374 e. The zero-order chi connectivity index (χ0) is 18.0. The second-order valence-electron chi connectivity index (χ2n) is 6.64. The maximum absolute atomic E-state index is 12.4. The molecule has 0 N–H and O–H groups in total. The smallest absolute Gasteiger partial charge is 0.270 e. The van der Waals surface area contributed by atoms with E-state index >= 15 is 0 Å². The van der Waals surface area contributed by atoms with Crippen LogP contribution < -0.4 is 0 Å². The van der Waals surface area contributed by atoms with Crippen LogP contribution in [0.4, 0.5) is 0 Å². The first kappa shape index (κ1) is 21.1. The van der Waals surface area contributed by atoms with Crippen molar-refractivity contribution in [3.63, 3.8) is 0 Å². The van der Waals surface area contributed by atoms with Gasteiger partial charge in [-0.2, -0.15) is 8.42 Å². The van der Waals surface area contributed by atoms with Gasteiger partial charge < -0.3 is 4.74 Å². The Morgan fingerprint density at radius 3 is 2.29 bits per heavy atom. The highest BCUT2D eigenvalue weighted by atomic mass is 32.2. The lowest BCUT2D eigenvalue weighted by Crippen LogP contribution is -2.30. The zero-order valence-corrected chi connectivity index (χ0v) is 16.2. The first-order chi connectivity index (χ1) is 11.4. The molecule has 1 rings (SSSR count). The molecule has 138 valence electrons. The molecule has 5 heteroatoms. The van der Waals surface area contributed by atoms with E-state index < -0.39 is 15.4 Å². The fourth-order valence-electron chi connectivity index (χ4n) is 2.51. The molecule has 0 amide bonds. The van der Waals surface area contributed by atoms with Crippen LogP contribution >= 0.6 is 0 Å². The van der Waals surface area contributed by atoms with Gasteiger partial charge in [0.05, 0.1) is 24.6 Å². The summed E-state index contributed by atoms with van der Waals surface area (Å²) in [5.41, 5.74) is 1.13. The molecule has 2 atom stereocenters. The van der Waals surface area contributed by atoms with Crippen molar-refractivity contribution in [2.45, 2.75) is 71.3 Å². The van der Waals surface area contributed by atoms with E-state index in [-0.39, 0.29) is 18.6 Å². The Balaban J connectivity index is 2.47. The summed E-state index contributed by atoms with van der Waals surface area (Å²) in [4.78, 5) is 0. The predicted molar refractivity (Wildman–Crippen MR) is 98.3 cm³/mol. The Morgan fingerprint density at radius 2 is 1.71 bits per heavy atom. The Hall–Kier alpha value is -0.910. The van der Waals surface area contributed by atoms with E-state index in [0.717, 1.165) is 18.4 Å². The second-order valence-corrected chi connectivity index (χ2v) is 8.46. The van der Waals surface area contributed by atoms with Crippen molar-refractivity contribution >= 4 is 10.1 Å². The fourth-order valence-corrected chi connectivity index (χ4v) is 4.13. The van der Waals surface area contributed by atoms with Gasteiger partial charge in [0.2, 0.25) is 0 Å². The van der Waals surface area contributed by atoms with Gasteiger partial charge in [-0.3, -0.25) is 4.18 Å². The standard InChI is InChI=1S/C19H32O4S/c1-5-6-14-23-24(20,21)19(16(2)3)13-12-17(4)22-15-18-10-8-7-9-11-18/h7-11,16-17,19H,5-6,12-15H2,1-4H3. The first-order valence-corrected chi connectivity index (χ1v) is 10.4. The van der Waals surface area contributed by atoms with Gasteiger partial charge >= 0.3 is 0 Å². The summed E-state index contributed by atoms with van der Waals surface area (Å²) in [5.74, 6) is 0.0259. The summed E-state index contributed by atoms with van der Waals surface area (Å²) in [6, 6.07) is 9.99. The van der Waals surface area contributed by atoms with E-state index in [2.05, 4.69) is 0 Å². The van der Waals surface area contributed by atoms with E-state index in [1.165, 1.54) is 0 Å². The van der Waals surface area contributed by atoms with Gasteiger partial charge in [0.25, 0.3) is 10.1 Å². The van der Waals surface area contributed by atoms with Crippen molar-refractivity contribution in [2.75, 3.05) is 6.61 Å². The highest BCUT2D eigenvalue weighted by Crippen LogP contribution is 2.22. The molecule has 4 nitrogen and oxygen atoms in total. The van der Waals surface area contributed by atoms with Gasteiger partial charge in [0.1, 0.15) is 0 Å². The molecule has 24 heavy (non-hydrogen) atoms. The number of hydrogen-bond acceptors (Lipinski definition) is 4. The van der Waals surface area contributed by atoms with Crippen LogP contribution in [0.25, 0.3) is 0 Å². The first-order valence-electron chi connectivity index (χ1n) is 8.90. The number of unbranched alkanes of at least 4 members (excludes halogenated alkanes) is 1. The summed E-state index contributed by atoms with van der Waals surface area (Å²) in [6.07, 6.45) is 2.96. The molecule has 0 aliphatic rings. The van der Waals surface area contributed by atoms with E-state index in [0.29, 0.717) is 19.4 Å². The van der Waals surface area contributed by atoms with Gasteiger partial charge in [-0.05, 0) is 37.7 Å². The minimum atomic E-state index is -3.51. The van der Waals surface area contributed by atoms with E-state index in [9.17, 15) is 8.42 Å². The van der Waals surface area contributed by atoms with Gasteiger partial charge in [-0.25, -0.2) is 0 Å². The number of ether oxygens (including phenoxy) is 1. The minimum absolute atomic E-state index is 0.0114. The summed E-state index contributed by atoms with van der Waals surface area (Å²) in [6.45, 7) is 8.70. The van der Waals surface area contributed by atoms with Gasteiger partial charge in [0, 0.05) is 0 Å². The summed E-state index contributed by atoms with van der Waals surface area (Å²) >= 11 is 0. The Kier molecular flexibility index (Phi) is 9.56. The van der Waals surface area contributed by atoms with Crippen molar-refractivity contribution in [3.05, 3.63) is 35.9 Å². The topological polar surface area (TPSA) is 52.6 Å². The second kappa shape index (κ2) is 10.9. The molecule has 0 spiro atoms. The zero-order valence-electron chi connectivity index (χ0n) is 15.4. The molecule has 0 bridgehead atoms. The Morgan fingerprint density at radius 1 is 1.04 bits per heavy atom. The van der Waals surface area contributed by atoms with Crippen LogP contribution in [-0.2, 0) is 25.6 Å². The van der Waals surface area contributed by atoms with Crippen LogP contribution in [-0.4, -0.2) is 26.4 Å². The van der Waals surface area contributed by atoms with Crippen LogP contribution in [0.1, 0.15) is 58.9 Å². The molecule has 0 saturated heterocycles. The molecule has 0 aliphatic heterocycles. The van der Waals surface area contributed by atoms with E-state index in [1.807, 2.05) is 58.0 Å². The lowest BCUT2D eigenvalue weighted by Gasteiger charge is -2.22. The van der Waals surface area contributed by atoms with Crippen molar-refractivity contribution in [1.82, 2.24) is 0 Å². The lowest BCUT2D eigenvalue weighted by atomic mass is 10.0. The van der Waals surface area contributed by atoms with Crippen molar-refractivity contribution in [3.8, 4) is 0 Å². The van der Waals surface area contributed by atoms with Gasteiger partial charge in [-0.1, -0.05) is 57.5 Å². The summed E-state index contributed by atoms with van der Waals surface area (Å²) < 4.78 is 35.8. The van der Waals surface area contributed by atoms with Crippen LogP contribution in [0.3, 0.4) is 0 Å². The molecule has 0 radical (unpaired) electrons. The van der Waals surface area contributed by atoms with Gasteiger partial charge in [-0.15, -0.1) is 0 Å². The molecule has 0 fully saturated rings. The summed E-state index contributed by atoms with van der Waals surface area (Å²) in [5, 5.41) is -0.475. The largest absolute Gasteiger partial charge is 0.374 e. The third kappa shape index (κ3) is 7.77. The lowest BCUT2D eigenvalue weighted by molar-refractivity contribution is 0.0454. The SMILES string of the molecule is CCCCOS(=O)(=O)C(CCC(C)OCc1ccccc1)C(C)C. The molecule has 2 unspecified atom stereocenters. The highest BCUT2D eigenvalue weighted by molar-refractivity contribution is 7.87. The predicted octanol–water partition coefficient (Wildman–Crippen LogP) is 4.54. The molecule has 0 saturated carbocycles. The third-order valence-electron chi connectivity index (χ3n) is 4.09. The van der Waals surface area contributed by atoms with E-state index in [4.69, 9.17) is 8.92 Å². The molecular weight excluding hydrogens is 324 g/mol. The van der Waals surface area contributed by atoms with E-state index in [1.54, 1.807) is 0 Å². The van der Waals surface area contributed by atoms with Crippen LogP contribution in [0, 0.1) is 5.92 Å². The molecular formula is C19H32O4S. The number of hydrogen-bond donors (Lipinski definition) is 0. The average molecular weight is 357 g/mol.